The maximum Gasteiger partial charge on any atom is 0.339 e. The summed E-state index contributed by atoms with van der Waals surface area (Å²) in [5, 5.41) is 0. The van der Waals surface area contributed by atoms with Crippen LogP contribution in [0.4, 0.5) is 0 Å². The fraction of sp³-hybridized carbons (Fsp3) is 0.920. The summed E-state index contributed by atoms with van der Waals surface area (Å²) >= 11 is 0. The quantitative estimate of drug-likeness (QED) is 0.323. The van der Waals surface area contributed by atoms with Gasteiger partial charge in [0.25, 0.3) is 0 Å². The molecule has 0 spiro atoms. The molecule has 0 saturated carbocycles. The molecule has 0 radical (unpaired) electrons. The first-order valence-electron chi connectivity index (χ1n) is 12.2. The molecule has 0 N–H and O–H groups in total. The molecule has 0 bridgehead atoms. The van der Waals surface area contributed by atoms with E-state index in [-0.39, 0.29) is 12.2 Å². The number of carbonyl (C=O) groups is 2. The van der Waals surface area contributed by atoms with Crippen molar-refractivity contribution in [3.05, 3.63) is 0 Å². The molecule has 1 rings (SSSR count). The molecule has 6 heteroatoms. The number of ether oxygens (including phenoxy) is 4. The van der Waals surface area contributed by atoms with Crippen molar-refractivity contribution in [1.82, 2.24) is 0 Å². The zero-order chi connectivity index (χ0) is 23.6. The highest BCUT2D eigenvalue weighted by molar-refractivity contribution is 5.86. The van der Waals surface area contributed by atoms with Gasteiger partial charge >= 0.3 is 11.9 Å². The summed E-state index contributed by atoms with van der Waals surface area (Å²) in [6.45, 7) is 16.1. The summed E-state index contributed by atoms with van der Waals surface area (Å²) in [7, 11) is 0. The summed E-state index contributed by atoms with van der Waals surface area (Å²) in [4.78, 5) is 24.9. The molecule has 31 heavy (non-hydrogen) atoms. The van der Waals surface area contributed by atoms with Crippen LogP contribution in [-0.4, -0.2) is 42.6 Å². The van der Waals surface area contributed by atoms with Crippen molar-refractivity contribution in [2.45, 2.75) is 131 Å². The molecule has 6 nitrogen and oxygen atoms in total. The van der Waals surface area contributed by atoms with E-state index in [0.717, 1.165) is 24.7 Å². The normalized spacial score (nSPS) is 21.6. The van der Waals surface area contributed by atoms with Crippen LogP contribution in [0.3, 0.4) is 0 Å². The van der Waals surface area contributed by atoms with Crippen LogP contribution in [0.5, 0.6) is 0 Å². The van der Waals surface area contributed by atoms with Crippen molar-refractivity contribution < 1.29 is 28.5 Å². The van der Waals surface area contributed by atoms with Gasteiger partial charge in [-0.1, -0.05) is 66.2 Å². The summed E-state index contributed by atoms with van der Waals surface area (Å²) in [5.74, 6) is 0.740. The van der Waals surface area contributed by atoms with E-state index in [1.165, 1.54) is 25.7 Å². The fourth-order valence-electron chi connectivity index (χ4n) is 3.85. The zero-order valence-electron chi connectivity index (χ0n) is 21.0. The van der Waals surface area contributed by atoms with E-state index in [4.69, 9.17) is 18.9 Å². The highest BCUT2D eigenvalue weighted by Gasteiger charge is 2.47. The minimum atomic E-state index is -1.08. The summed E-state index contributed by atoms with van der Waals surface area (Å²) in [5.41, 5.74) is 0. The van der Waals surface area contributed by atoms with Gasteiger partial charge in [-0.25, -0.2) is 9.59 Å². The average Bonchev–Trinajstić information content (AvgIpc) is 3.04. The molecule has 1 saturated heterocycles. The Hall–Kier alpha value is -1.14. The van der Waals surface area contributed by atoms with Crippen LogP contribution in [0, 0.1) is 17.8 Å². The maximum atomic E-state index is 12.4. The van der Waals surface area contributed by atoms with E-state index in [9.17, 15) is 9.59 Å². The third kappa shape index (κ3) is 11.3. The lowest BCUT2D eigenvalue weighted by Crippen LogP contribution is -2.40. The third-order valence-electron chi connectivity index (χ3n) is 5.51. The van der Waals surface area contributed by atoms with E-state index in [0.29, 0.717) is 12.3 Å². The first kappa shape index (κ1) is 27.9. The monoisotopic (exact) mass is 442 g/mol. The van der Waals surface area contributed by atoms with Crippen molar-refractivity contribution in [2.24, 2.45) is 17.8 Å². The van der Waals surface area contributed by atoms with Crippen LogP contribution in [-0.2, 0) is 28.5 Å². The van der Waals surface area contributed by atoms with Gasteiger partial charge in [-0.05, 0) is 45.4 Å². The minimum Gasteiger partial charge on any atom is -0.461 e. The van der Waals surface area contributed by atoms with E-state index >= 15 is 0 Å². The Bertz CT molecular complexity index is 500. The molecule has 0 aromatic heterocycles. The predicted molar refractivity (Wildman–Crippen MR) is 121 cm³/mol. The lowest BCUT2D eigenvalue weighted by Gasteiger charge is -2.18. The van der Waals surface area contributed by atoms with Crippen LogP contribution in [0.25, 0.3) is 0 Å². The Morgan fingerprint density at radius 2 is 1.10 bits per heavy atom. The molecule has 4 atom stereocenters. The average molecular weight is 443 g/mol. The number of carbonyl (C=O) groups excluding carboxylic acids is 2. The van der Waals surface area contributed by atoms with Gasteiger partial charge in [0, 0.05) is 6.42 Å². The lowest BCUT2D eigenvalue weighted by atomic mass is 9.92. The van der Waals surface area contributed by atoms with E-state index in [1.807, 2.05) is 0 Å². The van der Waals surface area contributed by atoms with Gasteiger partial charge in [-0.2, -0.15) is 0 Å². The van der Waals surface area contributed by atoms with Crippen molar-refractivity contribution in [1.29, 1.82) is 0 Å². The Morgan fingerprint density at radius 1 is 0.677 bits per heavy atom. The fourth-order valence-corrected chi connectivity index (χ4v) is 3.85. The van der Waals surface area contributed by atoms with Crippen LogP contribution in [0.1, 0.15) is 100 Å². The van der Waals surface area contributed by atoms with Crippen LogP contribution < -0.4 is 0 Å². The number of rotatable bonds is 14. The van der Waals surface area contributed by atoms with Crippen LogP contribution in [0.15, 0.2) is 0 Å². The van der Waals surface area contributed by atoms with Crippen molar-refractivity contribution in [2.75, 3.05) is 0 Å². The first-order chi connectivity index (χ1) is 14.5. The molecule has 0 aromatic rings. The third-order valence-corrected chi connectivity index (χ3v) is 5.51. The maximum absolute atomic E-state index is 12.4. The highest BCUT2D eigenvalue weighted by Crippen LogP contribution is 2.29. The van der Waals surface area contributed by atoms with Gasteiger partial charge in [0.1, 0.15) is 0 Å². The van der Waals surface area contributed by atoms with Gasteiger partial charge in [-0.15, -0.1) is 0 Å². The zero-order valence-corrected chi connectivity index (χ0v) is 21.0. The Labute approximate surface area is 189 Å². The highest BCUT2D eigenvalue weighted by atomic mass is 16.8. The molecule has 1 aliphatic rings. The van der Waals surface area contributed by atoms with Crippen molar-refractivity contribution in [3.8, 4) is 0 Å². The standard InChI is InChI=1S/C25H46O6/c1-16(2)11-9-12-19(7)13-10-14-20(8)15-21-30-22(24(26)28-17(3)4)23(31-21)25(27)29-18(5)6/h16-23H,9-15H2,1-8H3/t19-,20-,22-,23-/m1/s1. The first-order valence-corrected chi connectivity index (χ1v) is 12.2. The van der Waals surface area contributed by atoms with E-state index in [2.05, 4.69) is 27.7 Å². The molecule has 0 amide bonds. The van der Waals surface area contributed by atoms with E-state index < -0.39 is 30.4 Å². The Kier molecular flexibility index (Phi) is 12.7. The number of esters is 2. The van der Waals surface area contributed by atoms with Crippen molar-refractivity contribution in [3.63, 3.8) is 0 Å². The summed E-state index contributed by atoms with van der Waals surface area (Å²) in [6, 6.07) is 0. The summed E-state index contributed by atoms with van der Waals surface area (Å²) in [6.07, 6.45) is 4.65. The van der Waals surface area contributed by atoms with Gasteiger partial charge < -0.3 is 18.9 Å². The molecule has 0 unspecified atom stereocenters. The second kappa shape index (κ2) is 14.1. The molecule has 1 fully saturated rings. The molecule has 1 heterocycles. The molecule has 0 aliphatic carbocycles. The lowest BCUT2D eigenvalue weighted by molar-refractivity contribution is -0.167. The topological polar surface area (TPSA) is 71.1 Å². The predicted octanol–water partition coefficient (Wildman–Crippen LogP) is 5.66. The largest absolute Gasteiger partial charge is 0.461 e. The Balaban J connectivity index is 2.50. The SMILES string of the molecule is CC(C)CCC[C@@H](C)CCC[C@@H](C)CC1O[C@@H](C(=O)OC(C)C)[C@H](C(=O)OC(C)C)O1. The smallest absolute Gasteiger partial charge is 0.339 e. The minimum absolute atomic E-state index is 0.293. The summed E-state index contributed by atoms with van der Waals surface area (Å²) < 4.78 is 22.1. The number of hydrogen-bond donors (Lipinski definition) is 0. The van der Waals surface area contributed by atoms with Crippen LogP contribution in [0.2, 0.25) is 0 Å². The molecule has 1 aliphatic heterocycles. The van der Waals surface area contributed by atoms with Gasteiger partial charge in [0.05, 0.1) is 12.2 Å². The molecular weight excluding hydrogens is 396 g/mol. The number of hydrogen-bond acceptors (Lipinski definition) is 6. The molecule has 182 valence electrons. The molecular formula is C25H46O6. The van der Waals surface area contributed by atoms with Gasteiger partial charge in [0.2, 0.25) is 0 Å². The second-order valence-electron chi connectivity index (χ2n) is 10.2. The van der Waals surface area contributed by atoms with Crippen molar-refractivity contribution >= 4 is 11.9 Å². The van der Waals surface area contributed by atoms with Gasteiger partial charge in [-0.3, -0.25) is 0 Å². The Morgan fingerprint density at radius 3 is 1.52 bits per heavy atom. The van der Waals surface area contributed by atoms with E-state index in [1.54, 1.807) is 27.7 Å². The second-order valence-corrected chi connectivity index (χ2v) is 10.2. The van der Waals surface area contributed by atoms with Gasteiger partial charge in [0.15, 0.2) is 18.5 Å². The van der Waals surface area contributed by atoms with Crippen LogP contribution >= 0.6 is 0 Å². The molecule has 0 aromatic carbocycles.